The Morgan fingerprint density at radius 1 is 1.22 bits per heavy atom. The van der Waals surface area contributed by atoms with Crippen molar-refractivity contribution in [3.8, 4) is 11.5 Å². The molecule has 6 nitrogen and oxygen atoms in total. The van der Waals surface area contributed by atoms with E-state index in [4.69, 9.17) is 9.47 Å². The van der Waals surface area contributed by atoms with Gasteiger partial charge in [0, 0.05) is 12.6 Å². The van der Waals surface area contributed by atoms with Crippen LogP contribution in [0.15, 0.2) is 23.1 Å². The number of sulfonamides is 1. The summed E-state index contributed by atoms with van der Waals surface area (Å²) in [6, 6.07) is 4.73. The van der Waals surface area contributed by atoms with Gasteiger partial charge < -0.3 is 14.8 Å². The second-order valence-electron chi connectivity index (χ2n) is 5.70. The molecule has 2 aliphatic heterocycles. The van der Waals surface area contributed by atoms with E-state index in [-0.39, 0.29) is 17.3 Å². The molecule has 2 heterocycles. The molecule has 0 saturated carbocycles. The Morgan fingerprint density at radius 2 is 2.00 bits per heavy atom. The van der Waals surface area contributed by atoms with Gasteiger partial charge in [-0.2, -0.15) is 0 Å². The molecule has 1 aromatic rings. The summed E-state index contributed by atoms with van der Waals surface area (Å²) >= 11 is 0. The molecule has 1 aromatic carbocycles. The molecular formula is C15H23ClN2O4S. The van der Waals surface area contributed by atoms with Gasteiger partial charge in [0.05, 0.1) is 4.90 Å². The summed E-state index contributed by atoms with van der Waals surface area (Å²) in [6.45, 7) is 3.44. The Bertz CT molecular complexity index is 618. The van der Waals surface area contributed by atoms with Crippen LogP contribution in [0.5, 0.6) is 11.5 Å². The normalized spacial score (nSPS) is 20.6. The average molecular weight is 363 g/mol. The van der Waals surface area contributed by atoms with Crippen LogP contribution in [0.1, 0.15) is 19.3 Å². The fourth-order valence-corrected chi connectivity index (χ4v) is 3.90. The minimum Gasteiger partial charge on any atom is -0.486 e. The van der Waals surface area contributed by atoms with Gasteiger partial charge in [0.15, 0.2) is 11.5 Å². The lowest BCUT2D eigenvalue weighted by atomic mass is 9.96. The molecule has 1 saturated heterocycles. The molecule has 3 rings (SSSR count). The van der Waals surface area contributed by atoms with Crippen molar-refractivity contribution in [2.24, 2.45) is 5.92 Å². The topological polar surface area (TPSA) is 76.7 Å². The Hall–Kier alpha value is -1.02. The molecule has 0 spiro atoms. The van der Waals surface area contributed by atoms with Crippen LogP contribution in [0, 0.1) is 5.92 Å². The number of fused-ring (bicyclic) bond motifs is 1. The van der Waals surface area contributed by atoms with Gasteiger partial charge in [-0.05, 0) is 50.4 Å². The summed E-state index contributed by atoms with van der Waals surface area (Å²) in [7, 11) is -3.50. The lowest BCUT2D eigenvalue weighted by molar-refractivity contribution is 0.171. The van der Waals surface area contributed by atoms with Crippen LogP contribution >= 0.6 is 12.4 Å². The van der Waals surface area contributed by atoms with E-state index in [0.29, 0.717) is 37.2 Å². The molecule has 1 unspecified atom stereocenters. The summed E-state index contributed by atoms with van der Waals surface area (Å²) in [6.07, 6.45) is 3.19. The van der Waals surface area contributed by atoms with E-state index >= 15 is 0 Å². The number of hydrogen-bond donors (Lipinski definition) is 2. The summed E-state index contributed by atoms with van der Waals surface area (Å²) in [5.41, 5.74) is 0. The highest BCUT2D eigenvalue weighted by Gasteiger charge is 2.20. The summed E-state index contributed by atoms with van der Waals surface area (Å²) < 4.78 is 38.2. The number of piperidine rings is 1. The number of rotatable bonds is 5. The molecule has 2 aliphatic rings. The summed E-state index contributed by atoms with van der Waals surface area (Å²) in [5.74, 6) is 1.64. The van der Waals surface area contributed by atoms with E-state index in [9.17, 15) is 8.42 Å². The monoisotopic (exact) mass is 362 g/mol. The van der Waals surface area contributed by atoms with Gasteiger partial charge in [0.2, 0.25) is 10.0 Å². The first-order chi connectivity index (χ1) is 10.6. The lowest BCUT2D eigenvalue weighted by Gasteiger charge is -2.22. The molecule has 130 valence electrons. The van der Waals surface area contributed by atoms with E-state index in [1.807, 2.05) is 0 Å². The van der Waals surface area contributed by atoms with Crippen molar-refractivity contribution in [1.82, 2.24) is 10.0 Å². The third kappa shape index (κ3) is 4.73. The van der Waals surface area contributed by atoms with Crippen molar-refractivity contribution in [3.63, 3.8) is 0 Å². The highest BCUT2D eigenvalue weighted by molar-refractivity contribution is 7.89. The minimum atomic E-state index is -3.50. The number of nitrogens with one attached hydrogen (secondary N) is 2. The fraction of sp³-hybridized carbons (Fsp3) is 0.600. The Kier molecular flexibility index (Phi) is 6.52. The molecule has 0 aliphatic carbocycles. The standard InChI is InChI=1S/C15H22N2O4S.ClH/c18-22(19,17-7-5-12-2-1-6-16-11-12)13-3-4-14-15(10-13)21-9-8-20-14;/h3-4,10,12,16-17H,1-2,5-9,11H2;1H. The molecule has 23 heavy (non-hydrogen) atoms. The molecule has 0 amide bonds. The molecule has 0 bridgehead atoms. The smallest absolute Gasteiger partial charge is 0.240 e. The van der Waals surface area contributed by atoms with Gasteiger partial charge in [0.1, 0.15) is 13.2 Å². The predicted molar refractivity (Wildman–Crippen MR) is 90.1 cm³/mol. The van der Waals surface area contributed by atoms with Crippen LogP contribution in [0.25, 0.3) is 0 Å². The number of ether oxygens (including phenoxy) is 2. The van der Waals surface area contributed by atoms with Crippen LogP contribution < -0.4 is 19.5 Å². The van der Waals surface area contributed by atoms with Gasteiger partial charge in [-0.25, -0.2) is 13.1 Å². The summed E-state index contributed by atoms with van der Waals surface area (Å²) in [5, 5.41) is 3.34. The van der Waals surface area contributed by atoms with E-state index in [0.717, 1.165) is 19.5 Å². The predicted octanol–water partition coefficient (Wildman–Crippen LogP) is 1.55. The third-order valence-electron chi connectivity index (χ3n) is 4.07. The third-order valence-corrected chi connectivity index (χ3v) is 5.53. The zero-order valence-corrected chi connectivity index (χ0v) is 14.5. The van der Waals surface area contributed by atoms with Crippen molar-refractivity contribution < 1.29 is 17.9 Å². The first-order valence-electron chi connectivity index (χ1n) is 7.75. The second-order valence-corrected chi connectivity index (χ2v) is 7.47. The van der Waals surface area contributed by atoms with Crippen molar-refractivity contribution in [2.75, 3.05) is 32.8 Å². The zero-order valence-electron chi connectivity index (χ0n) is 12.9. The van der Waals surface area contributed by atoms with Crippen LogP contribution in [0.4, 0.5) is 0 Å². The zero-order chi connectivity index (χ0) is 15.4. The van der Waals surface area contributed by atoms with Gasteiger partial charge in [-0.15, -0.1) is 12.4 Å². The highest BCUT2D eigenvalue weighted by Crippen LogP contribution is 2.32. The average Bonchev–Trinajstić information content (AvgIpc) is 2.55. The van der Waals surface area contributed by atoms with Gasteiger partial charge in [0.25, 0.3) is 0 Å². The summed E-state index contributed by atoms with van der Waals surface area (Å²) in [4.78, 5) is 0.221. The number of hydrogen-bond acceptors (Lipinski definition) is 5. The first kappa shape index (κ1) is 18.3. The molecule has 1 fully saturated rings. The molecular weight excluding hydrogens is 340 g/mol. The Balaban J connectivity index is 0.00000192. The second kappa shape index (κ2) is 8.19. The van der Waals surface area contributed by atoms with Crippen LogP contribution in [-0.2, 0) is 10.0 Å². The molecule has 8 heteroatoms. The molecule has 0 aromatic heterocycles. The van der Waals surface area contributed by atoms with Crippen molar-refractivity contribution in [2.45, 2.75) is 24.2 Å². The molecule has 1 atom stereocenters. The molecule has 0 radical (unpaired) electrons. The van der Waals surface area contributed by atoms with Crippen molar-refractivity contribution in [3.05, 3.63) is 18.2 Å². The van der Waals surface area contributed by atoms with Crippen LogP contribution in [-0.4, -0.2) is 41.3 Å². The van der Waals surface area contributed by atoms with Crippen LogP contribution in [0.2, 0.25) is 0 Å². The van der Waals surface area contributed by atoms with Gasteiger partial charge in [-0.1, -0.05) is 0 Å². The maximum atomic E-state index is 12.3. The van der Waals surface area contributed by atoms with E-state index in [1.54, 1.807) is 12.1 Å². The fourth-order valence-electron chi connectivity index (χ4n) is 2.84. The Morgan fingerprint density at radius 3 is 2.74 bits per heavy atom. The Labute approximate surface area is 143 Å². The lowest BCUT2D eigenvalue weighted by Crippen LogP contribution is -2.33. The quantitative estimate of drug-likeness (QED) is 0.831. The van der Waals surface area contributed by atoms with Crippen molar-refractivity contribution >= 4 is 22.4 Å². The van der Waals surface area contributed by atoms with Crippen molar-refractivity contribution in [1.29, 1.82) is 0 Å². The van der Waals surface area contributed by atoms with E-state index in [2.05, 4.69) is 10.0 Å². The van der Waals surface area contributed by atoms with Gasteiger partial charge >= 0.3 is 0 Å². The van der Waals surface area contributed by atoms with Gasteiger partial charge in [-0.3, -0.25) is 0 Å². The van der Waals surface area contributed by atoms with E-state index in [1.165, 1.54) is 18.9 Å². The number of benzene rings is 1. The molecule has 2 N–H and O–H groups in total. The number of halogens is 1. The van der Waals surface area contributed by atoms with Crippen LogP contribution in [0.3, 0.4) is 0 Å². The SMILES string of the molecule is Cl.O=S(=O)(NCCC1CCCNC1)c1ccc2c(c1)OCCO2. The largest absolute Gasteiger partial charge is 0.486 e. The van der Waals surface area contributed by atoms with E-state index < -0.39 is 10.0 Å². The minimum absolute atomic E-state index is 0. The maximum Gasteiger partial charge on any atom is 0.240 e. The first-order valence-corrected chi connectivity index (χ1v) is 9.23. The highest BCUT2D eigenvalue weighted by atomic mass is 35.5. The maximum absolute atomic E-state index is 12.3.